The molecule has 4 heteroatoms. The molecular formula is C13H21BrN2S. The lowest BCUT2D eigenvalue weighted by molar-refractivity contribution is 0.0820. The highest BCUT2D eigenvalue weighted by molar-refractivity contribution is 9.11. The second kappa shape index (κ2) is 5.39. The fraction of sp³-hybridized carbons (Fsp3) is 0.692. The van der Waals surface area contributed by atoms with Gasteiger partial charge in [-0.2, -0.15) is 0 Å². The van der Waals surface area contributed by atoms with Gasteiger partial charge in [-0.3, -0.25) is 4.90 Å². The van der Waals surface area contributed by atoms with Crippen LogP contribution in [0.1, 0.15) is 37.6 Å². The van der Waals surface area contributed by atoms with Crippen LogP contribution in [-0.2, 0) is 0 Å². The first-order valence-electron chi connectivity index (χ1n) is 6.21. The van der Waals surface area contributed by atoms with Gasteiger partial charge in [-0.1, -0.05) is 13.8 Å². The van der Waals surface area contributed by atoms with Crippen molar-refractivity contribution in [2.45, 2.75) is 32.7 Å². The van der Waals surface area contributed by atoms with E-state index in [1.165, 1.54) is 28.0 Å². The highest BCUT2D eigenvalue weighted by atomic mass is 79.9. The molecule has 1 aromatic heterocycles. The lowest BCUT2D eigenvalue weighted by atomic mass is 9.83. The molecule has 96 valence electrons. The zero-order chi connectivity index (χ0) is 12.5. The number of thiophene rings is 1. The maximum absolute atomic E-state index is 5.98. The Kier molecular flexibility index (Phi) is 4.29. The van der Waals surface area contributed by atoms with E-state index in [2.05, 4.69) is 46.8 Å². The van der Waals surface area contributed by atoms with Gasteiger partial charge in [0.05, 0.1) is 9.83 Å². The molecule has 0 spiro atoms. The van der Waals surface area contributed by atoms with Gasteiger partial charge in [-0.05, 0) is 52.9 Å². The highest BCUT2D eigenvalue weighted by Crippen LogP contribution is 2.36. The highest BCUT2D eigenvalue weighted by Gasteiger charge is 2.31. The van der Waals surface area contributed by atoms with E-state index in [1.54, 1.807) is 0 Å². The lowest BCUT2D eigenvalue weighted by Gasteiger charge is -2.41. The maximum Gasteiger partial charge on any atom is 0.0702 e. The average molecular weight is 317 g/mol. The van der Waals surface area contributed by atoms with Crippen molar-refractivity contribution in [1.29, 1.82) is 0 Å². The van der Waals surface area contributed by atoms with Gasteiger partial charge < -0.3 is 5.73 Å². The quantitative estimate of drug-likeness (QED) is 0.922. The van der Waals surface area contributed by atoms with Crippen LogP contribution in [0.15, 0.2) is 15.9 Å². The summed E-state index contributed by atoms with van der Waals surface area (Å²) in [5, 5.41) is 0. The average Bonchev–Trinajstić information content (AvgIpc) is 2.64. The summed E-state index contributed by atoms with van der Waals surface area (Å²) in [5.41, 5.74) is 6.41. The van der Waals surface area contributed by atoms with Gasteiger partial charge in [0.25, 0.3) is 0 Å². The second-order valence-electron chi connectivity index (χ2n) is 5.63. The molecule has 0 aliphatic carbocycles. The van der Waals surface area contributed by atoms with Crippen molar-refractivity contribution in [3.05, 3.63) is 20.8 Å². The van der Waals surface area contributed by atoms with Gasteiger partial charge in [-0.15, -0.1) is 11.3 Å². The molecule has 1 saturated heterocycles. The van der Waals surface area contributed by atoms with Crippen molar-refractivity contribution in [3.8, 4) is 0 Å². The first-order chi connectivity index (χ1) is 8.02. The van der Waals surface area contributed by atoms with Gasteiger partial charge in [0.15, 0.2) is 0 Å². The van der Waals surface area contributed by atoms with E-state index in [0.717, 1.165) is 6.54 Å². The summed E-state index contributed by atoms with van der Waals surface area (Å²) < 4.78 is 1.20. The van der Waals surface area contributed by atoms with Crippen molar-refractivity contribution in [3.63, 3.8) is 0 Å². The van der Waals surface area contributed by atoms with E-state index in [0.29, 0.717) is 18.0 Å². The van der Waals surface area contributed by atoms with E-state index in [-0.39, 0.29) is 0 Å². The normalized spacial score (nSPS) is 22.6. The third kappa shape index (κ3) is 3.31. The molecule has 2 nitrogen and oxygen atoms in total. The minimum Gasteiger partial charge on any atom is -0.329 e. The standard InChI is InChI=1S/C13H21BrN2S/c1-13(2)6-3-7-16(9-13)10(8-15)11-4-5-12(14)17-11/h4-5,10H,3,6-9,15H2,1-2H3. The molecule has 1 aliphatic heterocycles. The van der Waals surface area contributed by atoms with E-state index in [1.807, 2.05) is 11.3 Å². The zero-order valence-electron chi connectivity index (χ0n) is 10.6. The van der Waals surface area contributed by atoms with Crippen LogP contribution < -0.4 is 5.73 Å². The van der Waals surface area contributed by atoms with E-state index in [9.17, 15) is 0 Å². The van der Waals surface area contributed by atoms with Crippen LogP contribution in [0.5, 0.6) is 0 Å². The Balaban J connectivity index is 2.13. The second-order valence-corrected chi connectivity index (χ2v) is 8.13. The van der Waals surface area contributed by atoms with Crippen molar-refractivity contribution < 1.29 is 0 Å². The van der Waals surface area contributed by atoms with Crippen LogP contribution in [0, 0.1) is 5.41 Å². The number of nitrogens with two attached hydrogens (primary N) is 1. The molecule has 1 aliphatic rings. The van der Waals surface area contributed by atoms with Crippen molar-refractivity contribution in [2.24, 2.45) is 11.1 Å². The molecule has 1 fully saturated rings. The molecule has 0 amide bonds. The Morgan fingerprint density at radius 2 is 2.29 bits per heavy atom. The maximum atomic E-state index is 5.98. The van der Waals surface area contributed by atoms with Gasteiger partial charge in [0.2, 0.25) is 0 Å². The smallest absolute Gasteiger partial charge is 0.0702 e. The van der Waals surface area contributed by atoms with E-state index in [4.69, 9.17) is 5.73 Å². The number of hydrogen-bond acceptors (Lipinski definition) is 3. The molecule has 0 aromatic carbocycles. The monoisotopic (exact) mass is 316 g/mol. The molecule has 0 radical (unpaired) electrons. The molecule has 1 unspecified atom stereocenters. The van der Waals surface area contributed by atoms with Crippen LogP contribution >= 0.6 is 27.3 Å². The minimum absolute atomic E-state index is 0.394. The number of halogens is 1. The van der Waals surface area contributed by atoms with Crippen LogP contribution in [0.25, 0.3) is 0 Å². The summed E-state index contributed by atoms with van der Waals surface area (Å²) in [6.07, 6.45) is 2.62. The first-order valence-corrected chi connectivity index (χ1v) is 7.82. The Labute approximate surface area is 116 Å². The molecule has 2 N–H and O–H groups in total. The summed E-state index contributed by atoms with van der Waals surface area (Å²) in [6, 6.07) is 4.72. The fourth-order valence-electron chi connectivity index (χ4n) is 2.69. The molecule has 2 rings (SSSR count). The largest absolute Gasteiger partial charge is 0.329 e. The summed E-state index contributed by atoms with van der Waals surface area (Å²) in [5.74, 6) is 0. The van der Waals surface area contributed by atoms with Gasteiger partial charge in [0.1, 0.15) is 0 Å². The summed E-state index contributed by atoms with van der Waals surface area (Å²) in [6.45, 7) is 7.77. The van der Waals surface area contributed by atoms with Crippen LogP contribution in [0.3, 0.4) is 0 Å². The van der Waals surface area contributed by atoms with Crippen LogP contribution in [0.2, 0.25) is 0 Å². The number of likely N-dealkylation sites (tertiary alicyclic amines) is 1. The molecule has 1 atom stereocenters. The van der Waals surface area contributed by atoms with E-state index >= 15 is 0 Å². The van der Waals surface area contributed by atoms with Crippen molar-refractivity contribution in [1.82, 2.24) is 4.90 Å². The summed E-state index contributed by atoms with van der Waals surface area (Å²) >= 11 is 5.34. The van der Waals surface area contributed by atoms with Crippen LogP contribution in [-0.4, -0.2) is 24.5 Å². The lowest BCUT2D eigenvalue weighted by Crippen LogP contribution is -2.44. The Bertz CT molecular complexity index is 375. The molecule has 0 bridgehead atoms. The fourth-order valence-corrected chi connectivity index (χ4v) is 4.26. The third-order valence-corrected chi connectivity index (χ3v) is 5.24. The predicted molar refractivity (Wildman–Crippen MR) is 78.4 cm³/mol. The molecular weight excluding hydrogens is 296 g/mol. The predicted octanol–water partition coefficient (Wildman–Crippen LogP) is 3.63. The van der Waals surface area contributed by atoms with Crippen molar-refractivity contribution >= 4 is 27.3 Å². The zero-order valence-corrected chi connectivity index (χ0v) is 13.0. The Hall–Kier alpha value is 0.1000. The molecule has 1 aromatic rings. The van der Waals surface area contributed by atoms with E-state index < -0.39 is 0 Å². The summed E-state index contributed by atoms with van der Waals surface area (Å²) in [4.78, 5) is 3.94. The van der Waals surface area contributed by atoms with Gasteiger partial charge >= 0.3 is 0 Å². The SMILES string of the molecule is CC1(C)CCCN(C(CN)c2ccc(Br)s2)C1. The number of piperidine rings is 1. The Morgan fingerprint density at radius 3 is 2.82 bits per heavy atom. The van der Waals surface area contributed by atoms with Crippen LogP contribution in [0.4, 0.5) is 0 Å². The van der Waals surface area contributed by atoms with Crippen molar-refractivity contribution in [2.75, 3.05) is 19.6 Å². The van der Waals surface area contributed by atoms with Gasteiger partial charge in [0, 0.05) is 18.0 Å². The number of hydrogen-bond donors (Lipinski definition) is 1. The third-order valence-electron chi connectivity index (χ3n) is 3.52. The first kappa shape index (κ1) is 13.5. The summed E-state index contributed by atoms with van der Waals surface area (Å²) in [7, 11) is 0. The number of rotatable bonds is 3. The number of nitrogens with zero attached hydrogens (tertiary/aromatic N) is 1. The molecule has 0 saturated carbocycles. The van der Waals surface area contributed by atoms with Gasteiger partial charge in [-0.25, -0.2) is 0 Å². The topological polar surface area (TPSA) is 29.3 Å². The Morgan fingerprint density at radius 1 is 1.53 bits per heavy atom. The minimum atomic E-state index is 0.394. The molecule has 17 heavy (non-hydrogen) atoms. The molecule has 2 heterocycles.